The normalized spacial score (nSPS) is 12.6. The maximum Gasteiger partial charge on any atom is 0.304 e. The van der Waals surface area contributed by atoms with Gasteiger partial charge in [0.25, 0.3) is 0 Å². The van der Waals surface area contributed by atoms with Crippen LogP contribution < -0.4 is 0 Å². The summed E-state index contributed by atoms with van der Waals surface area (Å²) in [6.07, 6.45) is 22.6. The van der Waals surface area contributed by atoms with Gasteiger partial charge in [0.2, 0.25) is 0 Å². The van der Waals surface area contributed by atoms with Crippen LogP contribution in [0.4, 0.5) is 0 Å². The summed E-state index contributed by atoms with van der Waals surface area (Å²) in [5.41, 5.74) is 0. The van der Waals surface area contributed by atoms with Crippen molar-refractivity contribution in [3.05, 3.63) is 0 Å². The van der Waals surface area contributed by atoms with E-state index < -0.39 is 11.4 Å². The lowest BCUT2D eigenvalue weighted by atomic mass is 10.0. The molecule has 3 nitrogen and oxygen atoms in total. The predicted molar refractivity (Wildman–Crippen MR) is 110 cm³/mol. The minimum atomic E-state index is -1.54. The van der Waals surface area contributed by atoms with Gasteiger partial charge in [0, 0.05) is 0 Å². The molecule has 1 unspecified atom stereocenters. The van der Waals surface area contributed by atoms with Crippen molar-refractivity contribution >= 4 is 11.4 Å². The lowest BCUT2D eigenvalue weighted by Gasteiger charge is -2.04. The molecule has 0 aliphatic carbocycles. The Kier molecular flexibility index (Phi) is 22.2. The van der Waals surface area contributed by atoms with Gasteiger partial charge in [-0.2, -0.15) is 4.21 Å². The van der Waals surface area contributed by atoms with E-state index in [1.807, 2.05) is 6.92 Å². The highest BCUT2D eigenvalue weighted by atomic mass is 32.2. The molecule has 0 aromatic rings. The minimum absolute atomic E-state index is 0.506. The van der Waals surface area contributed by atoms with Crippen LogP contribution in [0.1, 0.15) is 123 Å². The zero-order valence-corrected chi connectivity index (χ0v) is 17.9. The molecule has 0 aromatic heterocycles. The molecule has 0 N–H and O–H groups in total. The molecule has 1 atom stereocenters. The van der Waals surface area contributed by atoms with E-state index in [1.165, 1.54) is 96.3 Å². The van der Waals surface area contributed by atoms with Crippen LogP contribution in [0.2, 0.25) is 0 Å². The molecule has 0 aromatic carbocycles. The zero-order valence-electron chi connectivity index (χ0n) is 17.1. The number of rotatable bonds is 21. The lowest BCUT2D eigenvalue weighted by molar-refractivity contribution is 0.245. The molecule has 0 fully saturated rings. The molecule has 0 spiro atoms. The van der Waals surface area contributed by atoms with Crippen LogP contribution in [-0.2, 0) is 19.7 Å². The van der Waals surface area contributed by atoms with E-state index in [1.54, 1.807) is 0 Å². The summed E-state index contributed by atoms with van der Waals surface area (Å²) in [4.78, 5) is 0. The maximum atomic E-state index is 11.2. The molecule has 0 saturated carbocycles. The minimum Gasteiger partial charge on any atom is -0.268 e. The summed E-state index contributed by atoms with van der Waals surface area (Å²) >= 11 is -1.54. The number of hydrogen-bond acceptors (Lipinski definition) is 3. The smallest absolute Gasteiger partial charge is 0.268 e. The van der Waals surface area contributed by atoms with E-state index in [9.17, 15) is 4.21 Å². The standard InChI is InChI=1S/C21H44O3S/c1-3-5-6-7-8-9-10-11-12-13-14-15-16-17-18-19-21-24-25(22)23-20-4-2/h3-21H2,1-2H3. The Bertz CT molecular complexity index is 272. The Balaban J connectivity index is 3.04. The number of unbranched alkanes of at least 4 members (excludes halogenated alkanes) is 15. The van der Waals surface area contributed by atoms with E-state index >= 15 is 0 Å². The van der Waals surface area contributed by atoms with Gasteiger partial charge in [0.15, 0.2) is 0 Å². The maximum absolute atomic E-state index is 11.2. The Morgan fingerprint density at radius 3 is 1.24 bits per heavy atom. The van der Waals surface area contributed by atoms with Crippen molar-refractivity contribution in [3.63, 3.8) is 0 Å². The SMILES string of the molecule is CCCCCCCCCCCCCCCCCCOS(=O)OCCC. The molecule has 0 rings (SSSR count). The topological polar surface area (TPSA) is 35.5 Å². The second kappa shape index (κ2) is 22.1. The van der Waals surface area contributed by atoms with Crippen LogP contribution in [0.15, 0.2) is 0 Å². The first-order valence-corrected chi connectivity index (χ1v) is 12.0. The molecule has 25 heavy (non-hydrogen) atoms. The Morgan fingerprint density at radius 2 is 0.840 bits per heavy atom. The van der Waals surface area contributed by atoms with Crippen LogP contribution >= 0.6 is 0 Å². The first-order valence-electron chi connectivity index (χ1n) is 11.0. The Hall–Kier alpha value is 0.0700. The molecule has 0 aliphatic rings. The average Bonchev–Trinajstić information content (AvgIpc) is 2.62. The van der Waals surface area contributed by atoms with Crippen molar-refractivity contribution in [2.24, 2.45) is 0 Å². The van der Waals surface area contributed by atoms with E-state index in [4.69, 9.17) is 8.37 Å². The van der Waals surface area contributed by atoms with E-state index in [-0.39, 0.29) is 0 Å². The molecular weight excluding hydrogens is 332 g/mol. The van der Waals surface area contributed by atoms with Crippen molar-refractivity contribution in [1.82, 2.24) is 0 Å². The monoisotopic (exact) mass is 376 g/mol. The van der Waals surface area contributed by atoms with Gasteiger partial charge in [0.05, 0.1) is 13.2 Å². The van der Waals surface area contributed by atoms with Crippen LogP contribution in [0.25, 0.3) is 0 Å². The molecule has 4 heteroatoms. The number of hydrogen-bond donors (Lipinski definition) is 0. The second-order valence-electron chi connectivity index (χ2n) is 7.15. The fourth-order valence-corrected chi connectivity index (χ4v) is 3.59. The van der Waals surface area contributed by atoms with Crippen LogP contribution in [0.3, 0.4) is 0 Å². The first kappa shape index (κ1) is 25.1. The molecular formula is C21H44O3S. The predicted octanol–water partition coefficient (Wildman–Crippen LogP) is 7.27. The fraction of sp³-hybridized carbons (Fsp3) is 1.00. The third-order valence-electron chi connectivity index (χ3n) is 4.56. The van der Waals surface area contributed by atoms with Gasteiger partial charge in [-0.25, -0.2) is 0 Å². The summed E-state index contributed by atoms with van der Waals surface area (Å²) in [6, 6.07) is 0. The van der Waals surface area contributed by atoms with E-state index in [0.29, 0.717) is 13.2 Å². The van der Waals surface area contributed by atoms with Crippen molar-refractivity contribution in [2.75, 3.05) is 13.2 Å². The van der Waals surface area contributed by atoms with Gasteiger partial charge in [-0.1, -0.05) is 110 Å². The highest BCUT2D eigenvalue weighted by Gasteiger charge is 1.99. The van der Waals surface area contributed by atoms with Gasteiger partial charge >= 0.3 is 11.4 Å². The van der Waals surface area contributed by atoms with Gasteiger partial charge in [-0.05, 0) is 12.8 Å². The first-order chi connectivity index (χ1) is 12.3. The van der Waals surface area contributed by atoms with Crippen LogP contribution in [0.5, 0.6) is 0 Å². The summed E-state index contributed by atoms with van der Waals surface area (Å²) in [7, 11) is 0. The van der Waals surface area contributed by atoms with Crippen molar-refractivity contribution in [3.8, 4) is 0 Å². The molecule has 0 heterocycles. The molecule has 0 bridgehead atoms. The van der Waals surface area contributed by atoms with Gasteiger partial charge < -0.3 is 0 Å². The van der Waals surface area contributed by atoms with Gasteiger partial charge in [0.1, 0.15) is 0 Å². The van der Waals surface area contributed by atoms with Gasteiger partial charge in [-0.3, -0.25) is 8.37 Å². The van der Waals surface area contributed by atoms with Crippen molar-refractivity contribution in [1.29, 1.82) is 0 Å². The average molecular weight is 377 g/mol. The summed E-state index contributed by atoms with van der Waals surface area (Å²) in [5, 5.41) is 0. The molecule has 152 valence electrons. The van der Waals surface area contributed by atoms with E-state index in [0.717, 1.165) is 12.8 Å². The molecule has 0 amide bonds. The molecule has 0 saturated heterocycles. The van der Waals surface area contributed by atoms with Crippen molar-refractivity contribution in [2.45, 2.75) is 123 Å². The van der Waals surface area contributed by atoms with Crippen LogP contribution in [0, 0.1) is 0 Å². The highest BCUT2D eigenvalue weighted by molar-refractivity contribution is 7.75. The summed E-state index contributed by atoms with van der Waals surface area (Å²) in [5.74, 6) is 0. The fourth-order valence-electron chi connectivity index (χ4n) is 2.96. The summed E-state index contributed by atoms with van der Waals surface area (Å²) < 4.78 is 21.3. The Labute approximate surface area is 160 Å². The Morgan fingerprint density at radius 1 is 0.480 bits per heavy atom. The zero-order chi connectivity index (χ0) is 18.4. The molecule has 0 aliphatic heterocycles. The lowest BCUT2D eigenvalue weighted by Crippen LogP contribution is -2.04. The molecule has 0 radical (unpaired) electrons. The van der Waals surface area contributed by atoms with Gasteiger partial charge in [-0.15, -0.1) is 0 Å². The van der Waals surface area contributed by atoms with Crippen LogP contribution in [-0.4, -0.2) is 17.4 Å². The highest BCUT2D eigenvalue weighted by Crippen LogP contribution is 2.13. The summed E-state index contributed by atoms with van der Waals surface area (Å²) in [6.45, 7) is 5.33. The third-order valence-corrected chi connectivity index (χ3v) is 5.28. The second-order valence-corrected chi connectivity index (χ2v) is 8.03. The quantitative estimate of drug-likeness (QED) is 0.198. The van der Waals surface area contributed by atoms with Crippen molar-refractivity contribution < 1.29 is 12.6 Å². The third kappa shape index (κ3) is 22.0. The largest absolute Gasteiger partial charge is 0.304 e. The van der Waals surface area contributed by atoms with E-state index in [2.05, 4.69) is 6.92 Å².